The Hall–Kier alpha value is -2.58. The van der Waals surface area contributed by atoms with Crippen molar-refractivity contribution in [2.24, 2.45) is 0 Å². The maximum atomic E-state index is 12.5. The van der Waals surface area contributed by atoms with Gasteiger partial charge < -0.3 is 9.47 Å². The number of carbonyl (C=O) groups is 1. The number of hydrogen-bond acceptors (Lipinski definition) is 4. The molecule has 0 unspecified atom stereocenters. The number of halogens is 1. The van der Waals surface area contributed by atoms with E-state index < -0.39 is 0 Å². The third kappa shape index (κ3) is 3.99. The van der Waals surface area contributed by atoms with Crippen LogP contribution in [0, 0.1) is 11.3 Å². The monoisotopic (exact) mass is 371 g/mol. The SMILES string of the molecule is COc1cccc(C(=O)/C(C#N)=C/c2cc(Br)ccc2OC)c1. The molecule has 0 aliphatic rings. The van der Waals surface area contributed by atoms with Gasteiger partial charge in [0.2, 0.25) is 5.78 Å². The maximum absolute atomic E-state index is 12.5. The molecule has 23 heavy (non-hydrogen) atoms. The van der Waals surface area contributed by atoms with Crippen LogP contribution < -0.4 is 9.47 Å². The first-order valence-corrected chi connectivity index (χ1v) is 7.52. The summed E-state index contributed by atoms with van der Waals surface area (Å²) >= 11 is 3.37. The molecule has 0 aliphatic heterocycles. The van der Waals surface area contributed by atoms with E-state index in [-0.39, 0.29) is 11.4 Å². The highest BCUT2D eigenvalue weighted by Crippen LogP contribution is 2.26. The molecule has 0 aromatic heterocycles. The van der Waals surface area contributed by atoms with Crippen molar-refractivity contribution in [3.63, 3.8) is 0 Å². The van der Waals surface area contributed by atoms with Crippen molar-refractivity contribution < 1.29 is 14.3 Å². The molecule has 0 atom stereocenters. The fourth-order valence-electron chi connectivity index (χ4n) is 2.04. The molecule has 0 aliphatic carbocycles. The second-order valence-corrected chi connectivity index (χ2v) is 5.53. The lowest BCUT2D eigenvalue weighted by Crippen LogP contribution is -2.02. The molecule has 116 valence electrons. The molecule has 0 saturated heterocycles. The minimum atomic E-state index is -0.367. The van der Waals surface area contributed by atoms with Crippen molar-refractivity contribution in [1.29, 1.82) is 5.26 Å². The highest BCUT2D eigenvalue weighted by molar-refractivity contribution is 9.10. The van der Waals surface area contributed by atoms with Gasteiger partial charge in [0.05, 0.1) is 14.2 Å². The van der Waals surface area contributed by atoms with Crippen LogP contribution in [0.2, 0.25) is 0 Å². The third-order valence-corrected chi connectivity index (χ3v) is 3.68. The van der Waals surface area contributed by atoms with Gasteiger partial charge in [0.15, 0.2) is 0 Å². The Morgan fingerprint density at radius 1 is 1.17 bits per heavy atom. The number of hydrogen-bond donors (Lipinski definition) is 0. The van der Waals surface area contributed by atoms with Crippen LogP contribution in [-0.4, -0.2) is 20.0 Å². The topological polar surface area (TPSA) is 59.3 Å². The minimum Gasteiger partial charge on any atom is -0.497 e. The summed E-state index contributed by atoms with van der Waals surface area (Å²) in [6.07, 6.45) is 1.52. The van der Waals surface area contributed by atoms with Gasteiger partial charge in [-0.3, -0.25) is 4.79 Å². The van der Waals surface area contributed by atoms with E-state index in [1.807, 2.05) is 12.1 Å². The molecule has 2 aromatic carbocycles. The van der Waals surface area contributed by atoms with Gasteiger partial charge in [-0.15, -0.1) is 0 Å². The second kappa shape index (κ2) is 7.61. The van der Waals surface area contributed by atoms with Crippen molar-refractivity contribution in [3.05, 3.63) is 63.6 Å². The lowest BCUT2D eigenvalue weighted by Gasteiger charge is -2.07. The maximum Gasteiger partial charge on any atom is 0.203 e. The van der Waals surface area contributed by atoms with Crippen molar-refractivity contribution in [3.8, 4) is 17.6 Å². The molecule has 0 saturated carbocycles. The van der Waals surface area contributed by atoms with Crippen LogP contribution in [0.4, 0.5) is 0 Å². The normalized spacial score (nSPS) is 10.8. The highest BCUT2D eigenvalue weighted by Gasteiger charge is 2.14. The predicted octanol–water partition coefficient (Wildman–Crippen LogP) is 4.26. The van der Waals surface area contributed by atoms with E-state index in [9.17, 15) is 10.1 Å². The standard InChI is InChI=1S/C18H14BrNO3/c1-22-16-5-3-4-12(10-16)18(21)14(11-20)8-13-9-15(19)6-7-17(13)23-2/h3-10H,1-2H3/b14-8+. The molecule has 5 heteroatoms. The molecule has 0 N–H and O–H groups in total. The number of ketones is 1. The first-order valence-electron chi connectivity index (χ1n) is 6.73. The number of Topliss-reactive ketones (excluding diaryl/α,β-unsaturated/α-hetero) is 1. The van der Waals surface area contributed by atoms with Crippen molar-refractivity contribution in [2.45, 2.75) is 0 Å². The van der Waals surface area contributed by atoms with Crippen LogP contribution in [0.1, 0.15) is 15.9 Å². The number of ether oxygens (including phenoxy) is 2. The number of nitriles is 1. The number of carbonyl (C=O) groups excluding carboxylic acids is 1. The third-order valence-electron chi connectivity index (χ3n) is 3.19. The summed E-state index contributed by atoms with van der Waals surface area (Å²) in [5, 5.41) is 9.36. The minimum absolute atomic E-state index is 0.0228. The Bertz CT molecular complexity index is 806. The van der Waals surface area contributed by atoms with Gasteiger partial charge in [-0.1, -0.05) is 28.1 Å². The van der Waals surface area contributed by atoms with Gasteiger partial charge in [0.25, 0.3) is 0 Å². The van der Waals surface area contributed by atoms with Gasteiger partial charge in [-0.05, 0) is 36.4 Å². The number of allylic oxidation sites excluding steroid dienone is 1. The summed E-state index contributed by atoms with van der Waals surface area (Å²) in [5.41, 5.74) is 1.07. The average Bonchev–Trinajstić information content (AvgIpc) is 2.59. The molecule has 2 aromatic rings. The Labute approximate surface area is 143 Å². The molecule has 0 bridgehead atoms. The molecular weight excluding hydrogens is 358 g/mol. The highest BCUT2D eigenvalue weighted by atomic mass is 79.9. The summed E-state index contributed by atoms with van der Waals surface area (Å²) in [7, 11) is 3.06. The summed E-state index contributed by atoms with van der Waals surface area (Å²) in [6.45, 7) is 0. The zero-order chi connectivity index (χ0) is 16.8. The van der Waals surface area contributed by atoms with E-state index in [4.69, 9.17) is 9.47 Å². The summed E-state index contributed by atoms with van der Waals surface area (Å²) in [6, 6.07) is 14.0. The Balaban J connectivity index is 2.45. The second-order valence-electron chi connectivity index (χ2n) is 4.62. The van der Waals surface area contributed by atoms with Gasteiger partial charge in [-0.25, -0.2) is 0 Å². The largest absolute Gasteiger partial charge is 0.497 e. The molecule has 0 spiro atoms. The fourth-order valence-corrected chi connectivity index (χ4v) is 2.42. The lowest BCUT2D eigenvalue weighted by molar-refractivity contribution is 0.103. The van der Waals surface area contributed by atoms with Gasteiger partial charge in [0.1, 0.15) is 23.1 Å². The molecule has 2 rings (SSSR count). The van der Waals surface area contributed by atoms with E-state index in [0.29, 0.717) is 22.6 Å². The molecule has 0 amide bonds. The zero-order valence-corrected chi connectivity index (χ0v) is 14.3. The summed E-state index contributed by atoms with van der Waals surface area (Å²) in [5.74, 6) is 0.779. The predicted molar refractivity (Wildman–Crippen MR) is 91.6 cm³/mol. The zero-order valence-electron chi connectivity index (χ0n) is 12.7. The van der Waals surface area contributed by atoms with Crippen molar-refractivity contribution >= 4 is 27.8 Å². The van der Waals surface area contributed by atoms with Crippen LogP contribution in [0.25, 0.3) is 6.08 Å². The summed E-state index contributed by atoms with van der Waals surface area (Å²) < 4.78 is 11.2. The number of methoxy groups -OCH3 is 2. The molecule has 0 radical (unpaired) electrons. The van der Waals surface area contributed by atoms with Crippen LogP contribution in [0.15, 0.2) is 52.5 Å². The molecule has 0 fully saturated rings. The smallest absolute Gasteiger partial charge is 0.203 e. The number of nitrogens with zero attached hydrogens (tertiary/aromatic N) is 1. The molecule has 4 nitrogen and oxygen atoms in total. The van der Waals surface area contributed by atoms with Gasteiger partial charge >= 0.3 is 0 Å². The first-order chi connectivity index (χ1) is 11.1. The van der Waals surface area contributed by atoms with E-state index in [1.54, 1.807) is 36.4 Å². The average molecular weight is 372 g/mol. The molecular formula is C18H14BrNO3. The van der Waals surface area contributed by atoms with Crippen molar-refractivity contribution in [2.75, 3.05) is 14.2 Å². The van der Waals surface area contributed by atoms with E-state index >= 15 is 0 Å². The van der Waals surface area contributed by atoms with E-state index in [2.05, 4.69) is 15.9 Å². The first kappa shape index (κ1) is 16.8. The van der Waals surface area contributed by atoms with Gasteiger partial charge in [0, 0.05) is 15.6 Å². The van der Waals surface area contributed by atoms with Crippen LogP contribution >= 0.6 is 15.9 Å². The Morgan fingerprint density at radius 2 is 1.96 bits per heavy atom. The van der Waals surface area contributed by atoms with Crippen LogP contribution in [0.3, 0.4) is 0 Å². The lowest BCUT2D eigenvalue weighted by atomic mass is 10.0. The Kier molecular flexibility index (Phi) is 5.56. The fraction of sp³-hybridized carbons (Fsp3) is 0.111. The van der Waals surface area contributed by atoms with Crippen LogP contribution in [0.5, 0.6) is 11.5 Å². The quantitative estimate of drug-likeness (QED) is 0.447. The van der Waals surface area contributed by atoms with E-state index in [0.717, 1.165) is 4.47 Å². The van der Waals surface area contributed by atoms with Crippen molar-refractivity contribution in [1.82, 2.24) is 0 Å². The van der Waals surface area contributed by atoms with Crippen LogP contribution in [-0.2, 0) is 0 Å². The molecule has 0 heterocycles. The van der Waals surface area contributed by atoms with Gasteiger partial charge in [-0.2, -0.15) is 5.26 Å². The number of rotatable bonds is 5. The Morgan fingerprint density at radius 3 is 2.61 bits per heavy atom. The van der Waals surface area contributed by atoms with E-state index in [1.165, 1.54) is 20.3 Å². The number of benzene rings is 2. The summed E-state index contributed by atoms with van der Waals surface area (Å²) in [4.78, 5) is 12.5.